The average molecular weight is 302 g/mol. The summed E-state index contributed by atoms with van der Waals surface area (Å²) < 4.78 is 14.0. The van der Waals surface area contributed by atoms with Gasteiger partial charge in [-0.15, -0.1) is 0 Å². The lowest BCUT2D eigenvalue weighted by Crippen LogP contribution is -2.29. The van der Waals surface area contributed by atoms with Crippen molar-refractivity contribution in [1.29, 1.82) is 0 Å². The van der Waals surface area contributed by atoms with Gasteiger partial charge in [-0.3, -0.25) is 9.79 Å². The van der Waals surface area contributed by atoms with E-state index in [0.29, 0.717) is 16.8 Å². The van der Waals surface area contributed by atoms with E-state index in [9.17, 15) is 9.18 Å². The molecule has 0 unspecified atom stereocenters. The summed E-state index contributed by atoms with van der Waals surface area (Å²) in [4.78, 5) is 16.2. The molecule has 0 radical (unpaired) electrons. The third kappa shape index (κ3) is 2.89. The van der Waals surface area contributed by atoms with E-state index in [2.05, 4.69) is 4.99 Å². The Kier molecular flexibility index (Phi) is 4.55. The van der Waals surface area contributed by atoms with Crippen molar-refractivity contribution in [1.82, 2.24) is 0 Å². The van der Waals surface area contributed by atoms with Gasteiger partial charge in [0.25, 0.3) is 0 Å². The van der Waals surface area contributed by atoms with Gasteiger partial charge in [0.2, 0.25) is 0 Å². The highest BCUT2D eigenvalue weighted by atomic mass is 32.1. The smallest absolute Gasteiger partial charge is 0.176 e. The topological polar surface area (TPSA) is 55.4 Å². The number of fused-ring (bicyclic) bond motifs is 1. The summed E-state index contributed by atoms with van der Waals surface area (Å²) in [6.07, 6.45) is -0.972. The molecule has 0 aromatic heterocycles. The van der Waals surface area contributed by atoms with E-state index in [1.807, 2.05) is 30.3 Å². The highest BCUT2D eigenvalue weighted by Gasteiger charge is 2.25. The molecule has 2 aromatic carbocycles. The van der Waals surface area contributed by atoms with E-state index in [1.54, 1.807) is 12.1 Å². The summed E-state index contributed by atoms with van der Waals surface area (Å²) >= 11 is 0. The van der Waals surface area contributed by atoms with Gasteiger partial charge >= 0.3 is 0 Å². The van der Waals surface area contributed by atoms with Crippen LogP contribution in [-0.2, 0) is 11.2 Å². The number of Topliss-reactive ketones (excluding diaryl/α,β-unsaturated/α-hetero) is 1. The van der Waals surface area contributed by atoms with Crippen molar-refractivity contribution < 1.29 is 9.18 Å². The van der Waals surface area contributed by atoms with Gasteiger partial charge < -0.3 is 5.73 Å². The predicted molar refractivity (Wildman–Crippen MR) is 85.5 cm³/mol. The average Bonchev–Trinajstić information content (AvgIpc) is 2.59. The maximum Gasteiger partial charge on any atom is 0.176 e. The van der Waals surface area contributed by atoms with Crippen LogP contribution in [0.15, 0.2) is 53.5 Å². The van der Waals surface area contributed by atoms with Crippen LogP contribution in [0.4, 0.5) is 4.39 Å². The Labute approximate surface area is 129 Å². The Hall–Kier alpha value is -1.98. The number of halogens is 1. The minimum Gasteiger partial charge on any atom is -0.303 e. The first kappa shape index (κ1) is 15.4. The molecule has 3 nitrogen and oxygen atoms in total. The Balaban J connectivity index is 0.00000161. The number of hydrogen-bond acceptors (Lipinski definition) is 3. The summed E-state index contributed by atoms with van der Waals surface area (Å²) in [5.74, 6) is -0.670. The second kappa shape index (κ2) is 6.20. The van der Waals surface area contributed by atoms with Crippen LogP contribution in [0, 0.1) is 5.82 Å². The molecule has 5 heteroatoms. The molecule has 1 aliphatic rings. The minimum atomic E-state index is -0.947. The van der Waals surface area contributed by atoms with E-state index in [0.717, 1.165) is 5.56 Å². The van der Waals surface area contributed by atoms with Crippen molar-refractivity contribution in [2.45, 2.75) is 12.6 Å². The Morgan fingerprint density at radius 3 is 2.52 bits per heavy atom. The van der Waals surface area contributed by atoms with Crippen molar-refractivity contribution in [3.05, 3.63) is 71.0 Å². The molecule has 0 bridgehead atoms. The maximum absolute atomic E-state index is 14.0. The molecule has 2 aromatic rings. The number of rotatable bonds is 1. The molecule has 108 valence electrons. The van der Waals surface area contributed by atoms with Gasteiger partial charge in [-0.2, -0.15) is 13.5 Å². The van der Waals surface area contributed by atoms with Crippen molar-refractivity contribution in [2.75, 3.05) is 0 Å². The van der Waals surface area contributed by atoms with E-state index in [-0.39, 0.29) is 25.7 Å². The summed E-state index contributed by atoms with van der Waals surface area (Å²) in [6.45, 7) is 0. The van der Waals surface area contributed by atoms with Crippen LogP contribution in [0.25, 0.3) is 0 Å². The quantitative estimate of drug-likeness (QED) is 0.878. The molecule has 3 rings (SSSR count). The maximum atomic E-state index is 14.0. The monoisotopic (exact) mass is 302 g/mol. The molecule has 1 heterocycles. The van der Waals surface area contributed by atoms with Gasteiger partial charge in [0.05, 0.1) is 5.71 Å². The third-order valence-corrected chi connectivity index (χ3v) is 3.37. The molecule has 0 aliphatic carbocycles. The van der Waals surface area contributed by atoms with E-state index < -0.39 is 12.0 Å². The Bertz CT molecular complexity index is 701. The lowest BCUT2D eigenvalue weighted by atomic mass is 9.95. The third-order valence-electron chi connectivity index (χ3n) is 3.37. The zero-order valence-corrected chi connectivity index (χ0v) is 12.2. The normalized spacial score (nSPS) is 17.3. The van der Waals surface area contributed by atoms with Crippen LogP contribution in [0.2, 0.25) is 0 Å². The molecule has 1 aliphatic heterocycles. The molecular weight excluding hydrogens is 287 g/mol. The molecule has 1 atom stereocenters. The zero-order valence-electron chi connectivity index (χ0n) is 11.2. The molecular formula is C16H15FN2OS. The molecule has 21 heavy (non-hydrogen) atoms. The van der Waals surface area contributed by atoms with Gasteiger partial charge in [-0.1, -0.05) is 42.5 Å². The summed E-state index contributed by atoms with van der Waals surface area (Å²) in [6, 6.07) is 14.1. The Morgan fingerprint density at radius 1 is 1.10 bits per heavy atom. The number of nitrogens with zero attached hydrogens (tertiary/aromatic N) is 1. The minimum absolute atomic E-state index is 0. The fraction of sp³-hybridized carbons (Fsp3) is 0.125. The number of hydrogen-bond donors (Lipinski definition) is 1. The van der Waals surface area contributed by atoms with E-state index in [1.165, 1.54) is 6.07 Å². The zero-order chi connectivity index (χ0) is 14.1. The molecule has 0 fully saturated rings. The lowest BCUT2D eigenvalue weighted by molar-refractivity contribution is -0.119. The summed E-state index contributed by atoms with van der Waals surface area (Å²) in [5, 5.41) is 0. The number of nitrogens with two attached hydrogens (primary N) is 1. The molecule has 0 saturated carbocycles. The first-order valence-electron chi connectivity index (χ1n) is 6.36. The Morgan fingerprint density at radius 2 is 1.81 bits per heavy atom. The van der Waals surface area contributed by atoms with Crippen LogP contribution >= 0.6 is 13.5 Å². The SMILES string of the molecule is N[C@H]1N=C(c2ccccc2)c2cccc(F)c2CC1=O.S. The van der Waals surface area contributed by atoms with E-state index in [4.69, 9.17) is 5.73 Å². The van der Waals surface area contributed by atoms with Crippen LogP contribution in [0.1, 0.15) is 16.7 Å². The van der Waals surface area contributed by atoms with Crippen molar-refractivity contribution in [2.24, 2.45) is 10.7 Å². The molecule has 0 saturated heterocycles. The van der Waals surface area contributed by atoms with Crippen LogP contribution in [-0.4, -0.2) is 17.7 Å². The number of carbonyl (C=O) groups excluding carboxylic acids is 1. The number of ketones is 1. The fourth-order valence-electron chi connectivity index (χ4n) is 2.35. The van der Waals surface area contributed by atoms with E-state index >= 15 is 0 Å². The van der Waals surface area contributed by atoms with Crippen LogP contribution in [0.5, 0.6) is 0 Å². The van der Waals surface area contributed by atoms with Crippen molar-refractivity contribution in [3.63, 3.8) is 0 Å². The van der Waals surface area contributed by atoms with Gasteiger partial charge in [-0.05, 0) is 6.07 Å². The van der Waals surface area contributed by atoms with Gasteiger partial charge in [0, 0.05) is 23.1 Å². The van der Waals surface area contributed by atoms with Gasteiger partial charge in [0.1, 0.15) is 5.82 Å². The number of aliphatic imine (C=N–C) groups is 1. The second-order valence-electron chi connectivity index (χ2n) is 4.70. The highest BCUT2D eigenvalue weighted by molar-refractivity contribution is 7.59. The molecule has 0 amide bonds. The van der Waals surface area contributed by atoms with Gasteiger partial charge in [-0.25, -0.2) is 4.39 Å². The standard InChI is InChI=1S/C16H13FN2O.H2S/c17-13-8-4-7-11-12(13)9-14(20)16(18)19-15(11)10-5-2-1-3-6-10;/h1-8,16H,9,18H2;1H2/t16-;/m0./s1. The lowest BCUT2D eigenvalue weighted by Gasteiger charge is -2.10. The van der Waals surface area contributed by atoms with Crippen molar-refractivity contribution >= 4 is 25.0 Å². The molecule has 0 spiro atoms. The first-order chi connectivity index (χ1) is 9.66. The molecule has 2 N–H and O–H groups in total. The summed E-state index contributed by atoms with van der Waals surface area (Å²) in [5.41, 5.74) is 8.17. The highest BCUT2D eigenvalue weighted by Crippen LogP contribution is 2.22. The van der Waals surface area contributed by atoms with Crippen LogP contribution in [0.3, 0.4) is 0 Å². The predicted octanol–water partition coefficient (Wildman–Crippen LogP) is 2.19. The van der Waals surface area contributed by atoms with Gasteiger partial charge in [0.15, 0.2) is 11.9 Å². The number of benzene rings is 2. The summed E-state index contributed by atoms with van der Waals surface area (Å²) in [7, 11) is 0. The van der Waals surface area contributed by atoms with Crippen molar-refractivity contribution in [3.8, 4) is 0 Å². The first-order valence-corrected chi connectivity index (χ1v) is 6.36. The number of carbonyl (C=O) groups is 1. The fourth-order valence-corrected chi connectivity index (χ4v) is 2.35. The largest absolute Gasteiger partial charge is 0.303 e. The second-order valence-corrected chi connectivity index (χ2v) is 4.70. The van der Waals surface area contributed by atoms with Crippen LogP contribution < -0.4 is 5.73 Å².